The summed E-state index contributed by atoms with van der Waals surface area (Å²) < 4.78 is 0. The molecule has 110 valence electrons. The Hall–Kier alpha value is -1.25. The van der Waals surface area contributed by atoms with Crippen molar-refractivity contribution in [1.29, 1.82) is 0 Å². The lowest BCUT2D eigenvalue weighted by molar-refractivity contribution is 0.482. The minimum atomic E-state index is 0.336. The molecule has 2 heteroatoms. The lowest BCUT2D eigenvalue weighted by atomic mass is 9.82. The van der Waals surface area contributed by atoms with Crippen LogP contribution >= 0.6 is 11.8 Å². The van der Waals surface area contributed by atoms with E-state index in [0.29, 0.717) is 12.1 Å². The summed E-state index contributed by atoms with van der Waals surface area (Å²) in [5, 5.41) is 3.85. The third kappa shape index (κ3) is 3.17. The first-order valence-corrected chi connectivity index (χ1v) is 9.09. The Bertz CT molecular complexity index is 563. The smallest absolute Gasteiger partial charge is 0.0584 e. The van der Waals surface area contributed by atoms with Crippen LogP contribution in [0, 0.1) is 0 Å². The fourth-order valence-electron chi connectivity index (χ4n) is 3.17. The normalized spacial score (nSPS) is 15.3. The van der Waals surface area contributed by atoms with Crippen molar-refractivity contribution in [2.24, 2.45) is 0 Å². The minimum Gasteiger partial charge on any atom is -0.304 e. The molecule has 3 rings (SSSR count). The Morgan fingerprint density at radius 1 is 1.05 bits per heavy atom. The maximum Gasteiger partial charge on any atom is 0.0584 e. The summed E-state index contributed by atoms with van der Waals surface area (Å²) in [6.45, 7) is 2.30. The van der Waals surface area contributed by atoms with Crippen molar-refractivity contribution in [2.75, 3.05) is 12.0 Å². The number of rotatable bonds is 5. The van der Waals surface area contributed by atoms with E-state index in [-0.39, 0.29) is 0 Å². The highest BCUT2D eigenvalue weighted by Crippen LogP contribution is 2.35. The molecule has 0 amide bonds. The van der Waals surface area contributed by atoms with Gasteiger partial charge in [-0.2, -0.15) is 11.8 Å². The summed E-state index contributed by atoms with van der Waals surface area (Å²) in [5.74, 6) is 1.21. The van der Waals surface area contributed by atoms with E-state index < -0.39 is 0 Å². The molecule has 0 spiro atoms. The number of nitrogens with one attached hydrogen (secondary N) is 1. The first kappa shape index (κ1) is 14.7. The van der Waals surface area contributed by atoms with Crippen LogP contribution in [0.25, 0.3) is 0 Å². The number of thioether (sulfide) groups is 1. The second-order valence-corrected chi connectivity index (χ2v) is 6.84. The predicted molar refractivity (Wildman–Crippen MR) is 93.1 cm³/mol. The lowest BCUT2D eigenvalue weighted by Crippen LogP contribution is -2.34. The van der Waals surface area contributed by atoms with Crippen molar-refractivity contribution in [3.63, 3.8) is 0 Å². The summed E-state index contributed by atoms with van der Waals surface area (Å²) in [5.41, 5.74) is 5.83. The molecular formula is C19H23NS. The minimum absolute atomic E-state index is 0.336. The van der Waals surface area contributed by atoms with Gasteiger partial charge >= 0.3 is 0 Å². The summed E-state index contributed by atoms with van der Waals surface area (Å²) in [4.78, 5) is 0. The SMILES string of the molecule is CSCCC(C)NC1c2ccccc2Cc2ccccc21. The van der Waals surface area contributed by atoms with Gasteiger partial charge in [-0.3, -0.25) is 0 Å². The fraction of sp³-hybridized carbons (Fsp3) is 0.368. The van der Waals surface area contributed by atoms with Crippen LogP contribution in [0.4, 0.5) is 0 Å². The molecule has 2 aromatic carbocycles. The molecule has 0 aliphatic heterocycles. The van der Waals surface area contributed by atoms with Crippen LogP contribution in [0.5, 0.6) is 0 Å². The first-order chi connectivity index (χ1) is 10.3. The Balaban J connectivity index is 1.91. The third-order valence-corrected chi connectivity index (χ3v) is 4.96. The van der Waals surface area contributed by atoms with Crippen LogP contribution in [0.1, 0.15) is 41.6 Å². The van der Waals surface area contributed by atoms with Crippen molar-refractivity contribution < 1.29 is 0 Å². The second kappa shape index (κ2) is 6.67. The van der Waals surface area contributed by atoms with Crippen LogP contribution in [-0.2, 0) is 6.42 Å². The number of fused-ring (bicyclic) bond motifs is 2. The molecule has 0 aromatic heterocycles. The van der Waals surface area contributed by atoms with Gasteiger partial charge in [-0.25, -0.2) is 0 Å². The lowest BCUT2D eigenvalue weighted by Gasteiger charge is -2.31. The van der Waals surface area contributed by atoms with E-state index >= 15 is 0 Å². The maximum absolute atomic E-state index is 3.85. The van der Waals surface area contributed by atoms with Crippen LogP contribution < -0.4 is 5.32 Å². The van der Waals surface area contributed by atoms with Gasteiger partial charge in [0.15, 0.2) is 0 Å². The summed E-state index contributed by atoms with van der Waals surface area (Å²) in [6.07, 6.45) is 4.45. The Morgan fingerprint density at radius 2 is 1.62 bits per heavy atom. The zero-order valence-electron chi connectivity index (χ0n) is 12.8. The topological polar surface area (TPSA) is 12.0 Å². The second-order valence-electron chi connectivity index (χ2n) is 5.86. The van der Waals surface area contributed by atoms with E-state index in [1.165, 1.54) is 34.4 Å². The molecular weight excluding hydrogens is 274 g/mol. The molecule has 0 heterocycles. The monoisotopic (exact) mass is 297 g/mol. The van der Waals surface area contributed by atoms with Crippen LogP contribution in [-0.4, -0.2) is 18.1 Å². The molecule has 1 atom stereocenters. The highest BCUT2D eigenvalue weighted by molar-refractivity contribution is 7.98. The van der Waals surface area contributed by atoms with Crippen molar-refractivity contribution in [2.45, 2.75) is 31.8 Å². The summed E-state index contributed by atoms with van der Waals surface area (Å²) in [6, 6.07) is 18.6. The average Bonchev–Trinajstić information content (AvgIpc) is 2.52. The molecule has 0 saturated carbocycles. The van der Waals surface area contributed by atoms with Gasteiger partial charge in [0, 0.05) is 6.04 Å². The Morgan fingerprint density at radius 3 is 2.19 bits per heavy atom. The van der Waals surface area contributed by atoms with Gasteiger partial charge in [0.05, 0.1) is 6.04 Å². The largest absolute Gasteiger partial charge is 0.304 e. The Kier molecular flexibility index (Phi) is 4.67. The molecule has 1 N–H and O–H groups in total. The first-order valence-electron chi connectivity index (χ1n) is 7.70. The number of hydrogen-bond donors (Lipinski definition) is 1. The van der Waals surface area contributed by atoms with E-state index in [9.17, 15) is 0 Å². The van der Waals surface area contributed by atoms with Crippen LogP contribution in [0.3, 0.4) is 0 Å². The van der Waals surface area contributed by atoms with E-state index in [4.69, 9.17) is 0 Å². The molecule has 0 radical (unpaired) electrons. The quantitative estimate of drug-likeness (QED) is 0.877. The van der Waals surface area contributed by atoms with E-state index in [0.717, 1.165) is 6.42 Å². The average molecular weight is 297 g/mol. The van der Waals surface area contributed by atoms with Crippen LogP contribution in [0.15, 0.2) is 48.5 Å². The van der Waals surface area contributed by atoms with Crippen molar-refractivity contribution >= 4 is 11.8 Å². The summed E-state index contributed by atoms with van der Waals surface area (Å²) >= 11 is 1.92. The molecule has 0 bridgehead atoms. The third-order valence-electron chi connectivity index (χ3n) is 4.32. The highest BCUT2D eigenvalue weighted by Gasteiger charge is 2.25. The zero-order valence-corrected chi connectivity index (χ0v) is 13.6. The molecule has 1 unspecified atom stereocenters. The van der Waals surface area contributed by atoms with Gasteiger partial charge in [-0.1, -0.05) is 48.5 Å². The van der Waals surface area contributed by atoms with Gasteiger partial charge in [0.2, 0.25) is 0 Å². The molecule has 1 aliphatic rings. The molecule has 1 nitrogen and oxygen atoms in total. The predicted octanol–water partition coefficient (Wildman–Crippen LogP) is 4.41. The molecule has 21 heavy (non-hydrogen) atoms. The van der Waals surface area contributed by atoms with Crippen molar-refractivity contribution in [1.82, 2.24) is 5.32 Å². The van der Waals surface area contributed by atoms with E-state index in [1.807, 2.05) is 11.8 Å². The Labute approximate surface area is 132 Å². The molecule has 0 fully saturated rings. The van der Waals surface area contributed by atoms with E-state index in [2.05, 4.69) is 67.0 Å². The molecule has 2 aromatic rings. The van der Waals surface area contributed by atoms with Crippen molar-refractivity contribution in [3.05, 3.63) is 70.8 Å². The van der Waals surface area contributed by atoms with E-state index in [1.54, 1.807) is 0 Å². The summed E-state index contributed by atoms with van der Waals surface area (Å²) in [7, 11) is 0. The fourth-order valence-corrected chi connectivity index (χ4v) is 3.76. The van der Waals surface area contributed by atoms with Gasteiger partial charge in [-0.05, 0) is 54.0 Å². The van der Waals surface area contributed by atoms with Gasteiger partial charge in [0.25, 0.3) is 0 Å². The molecule has 0 saturated heterocycles. The van der Waals surface area contributed by atoms with Crippen LogP contribution in [0.2, 0.25) is 0 Å². The van der Waals surface area contributed by atoms with Gasteiger partial charge < -0.3 is 5.32 Å². The maximum atomic E-state index is 3.85. The number of hydrogen-bond acceptors (Lipinski definition) is 2. The number of benzene rings is 2. The highest BCUT2D eigenvalue weighted by atomic mass is 32.2. The standard InChI is InChI=1S/C19H23NS/c1-14(11-12-21-2)20-19-17-9-5-3-7-15(17)13-16-8-4-6-10-18(16)19/h3-10,14,19-20H,11-13H2,1-2H3. The van der Waals surface area contributed by atoms with Gasteiger partial charge in [-0.15, -0.1) is 0 Å². The molecule has 1 aliphatic carbocycles. The van der Waals surface area contributed by atoms with Crippen molar-refractivity contribution in [3.8, 4) is 0 Å². The van der Waals surface area contributed by atoms with Gasteiger partial charge in [0.1, 0.15) is 0 Å². The zero-order chi connectivity index (χ0) is 14.7.